The Hall–Kier alpha value is -2.43. The Morgan fingerprint density at radius 2 is 1.95 bits per heavy atom. The molecule has 1 aromatic carbocycles. The van der Waals surface area contributed by atoms with Crippen LogP contribution in [0.3, 0.4) is 0 Å². The molecule has 0 aliphatic carbocycles. The number of nitrogens with one attached hydrogen (secondary N) is 1. The number of hydrogen-bond donors (Lipinski definition) is 1. The Balaban J connectivity index is 1.82. The summed E-state index contributed by atoms with van der Waals surface area (Å²) >= 11 is 0. The van der Waals surface area contributed by atoms with E-state index in [-0.39, 0.29) is 5.91 Å². The van der Waals surface area contributed by atoms with Crippen LogP contribution in [-0.2, 0) is 0 Å². The number of anilines is 2. The Bertz CT molecular complexity index is 594. The van der Waals surface area contributed by atoms with E-state index in [2.05, 4.69) is 20.2 Å². The summed E-state index contributed by atoms with van der Waals surface area (Å²) in [5.41, 5.74) is 2.22. The molecule has 1 fully saturated rings. The zero-order valence-electron chi connectivity index (χ0n) is 11.1. The molecule has 20 heavy (non-hydrogen) atoms. The smallest absolute Gasteiger partial charge is 0.275 e. The van der Waals surface area contributed by atoms with Gasteiger partial charge in [-0.2, -0.15) is 0 Å². The van der Waals surface area contributed by atoms with Gasteiger partial charge in [-0.15, -0.1) is 0 Å². The number of rotatable bonds is 3. The van der Waals surface area contributed by atoms with E-state index >= 15 is 0 Å². The fourth-order valence-corrected chi connectivity index (χ4v) is 2.42. The molecule has 5 heteroatoms. The SMILES string of the molecule is O=C(Nc1ccccc1N1CCCC1)c1cnccn1. The molecule has 1 aliphatic rings. The Labute approximate surface area is 117 Å². The van der Waals surface area contributed by atoms with Crippen LogP contribution in [0.5, 0.6) is 0 Å². The van der Waals surface area contributed by atoms with E-state index in [1.807, 2.05) is 24.3 Å². The first-order valence-electron chi connectivity index (χ1n) is 6.76. The van der Waals surface area contributed by atoms with Crippen molar-refractivity contribution in [1.29, 1.82) is 0 Å². The van der Waals surface area contributed by atoms with Gasteiger partial charge in [0.15, 0.2) is 0 Å². The maximum absolute atomic E-state index is 12.1. The molecular weight excluding hydrogens is 252 g/mol. The second-order valence-electron chi connectivity index (χ2n) is 4.76. The fraction of sp³-hybridized carbons (Fsp3) is 0.267. The molecular formula is C15H16N4O. The molecule has 1 saturated heterocycles. The highest BCUT2D eigenvalue weighted by molar-refractivity contribution is 6.04. The monoisotopic (exact) mass is 268 g/mol. The number of hydrogen-bond acceptors (Lipinski definition) is 4. The highest BCUT2D eigenvalue weighted by atomic mass is 16.1. The van der Waals surface area contributed by atoms with Gasteiger partial charge in [-0.25, -0.2) is 4.98 Å². The number of nitrogens with zero attached hydrogens (tertiary/aromatic N) is 3. The lowest BCUT2D eigenvalue weighted by molar-refractivity contribution is 0.102. The Morgan fingerprint density at radius 1 is 1.15 bits per heavy atom. The number of benzene rings is 1. The standard InChI is InChI=1S/C15H16N4O/c20-15(13-11-16-7-8-17-13)18-12-5-1-2-6-14(12)19-9-3-4-10-19/h1-2,5-8,11H,3-4,9-10H2,(H,18,20). The van der Waals surface area contributed by atoms with Gasteiger partial charge in [0.25, 0.3) is 5.91 Å². The topological polar surface area (TPSA) is 58.1 Å². The largest absolute Gasteiger partial charge is 0.370 e. The molecule has 2 heterocycles. The molecule has 0 bridgehead atoms. The maximum Gasteiger partial charge on any atom is 0.275 e. The summed E-state index contributed by atoms with van der Waals surface area (Å²) in [6.45, 7) is 2.08. The van der Waals surface area contributed by atoms with Crippen molar-refractivity contribution in [3.05, 3.63) is 48.5 Å². The van der Waals surface area contributed by atoms with Crippen molar-refractivity contribution in [2.75, 3.05) is 23.3 Å². The molecule has 0 atom stereocenters. The van der Waals surface area contributed by atoms with Gasteiger partial charge in [-0.1, -0.05) is 12.1 Å². The predicted molar refractivity (Wildman–Crippen MR) is 77.9 cm³/mol. The first kappa shape index (κ1) is 12.6. The highest BCUT2D eigenvalue weighted by Crippen LogP contribution is 2.28. The maximum atomic E-state index is 12.1. The van der Waals surface area contributed by atoms with Gasteiger partial charge in [0.2, 0.25) is 0 Å². The van der Waals surface area contributed by atoms with E-state index in [0.717, 1.165) is 24.5 Å². The van der Waals surface area contributed by atoms with Crippen LogP contribution in [0.25, 0.3) is 0 Å². The molecule has 0 spiro atoms. The number of amides is 1. The van der Waals surface area contributed by atoms with Gasteiger partial charge < -0.3 is 10.2 Å². The lowest BCUT2D eigenvalue weighted by Gasteiger charge is -2.21. The van der Waals surface area contributed by atoms with Gasteiger partial charge in [-0.05, 0) is 25.0 Å². The average molecular weight is 268 g/mol. The molecule has 3 rings (SSSR count). The molecule has 102 valence electrons. The van der Waals surface area contributed by atoms with Crippen molar-refractivity contribution in [1.82, 2.24) is 9.97 Å². The van der Waals surface area contributed by atoms with Crippen molar-refractivity contribution in [2.24, 2.45) is 0 Å². The summed E-state index contributed by atoms with van der Waals surface area (Å²) < 4.78 is 0. The van der Waals surface area contributed by atoms with Crippen LogP contribution in [0.1, 0.15) is 23.3 Å². The summed E-state index contributed by atoms with van der Waals surface area (Å²) in [5.74, 6) is -0.232. The summed E-state index contributed by atoms with van der Waals surface area (Å²) in [6, 6.07) is 7.87. The molecule has 1 aliphatic heterocycles. The lowest BCUT2D eigenvalue weighted by atomic mass is 10.2. The molecule has 0 saturated carbocycles. The minimum Gasteiger partial charge on any atom is -0.370 e. The highest BCUT2D eigenvalue weighted by Gasteiger charge is 2.17. The van der Waals surface area contributed by atoms with Gasteiger partial charge >= 0.3 is 0 Å². The van der Waals surface area contributed by atoms with Crippen molar-refractivity contribution >= 4 is 17.3 Å². The van der Waals surface area contributed by atoms with Gasteiger partial charge in [0.1, 0.15) is 5.69 Å². The van der Waals surface area contributed by atoms with E-state index in [1.165, 1.54) is 25.2 Å². The van der Waals surface area contributed by atoms with Crippen molar-refractivity contribution in [2.45, 2.75) is 12.8 Å². The van der Waals surface area contributed by atoms with E-state index in [4.69, 9.17) is 0 Å². The van der Waals surface area contributed by atoms with E-state index in [1.54, 1.807) is 6.20 Å². The normalized spacial score (nSPS) is 14.3. The average Bonchev–Trinajstić information content (AvgIpc) is 3.03. The van der Waals surface area contributed by atoms with E-state index in [9.17, 15) is 4.79 Å². The van der Waals surface area contributed by atoms with Crippen LogP contribution in [0.15, 0.2) is 42.9 Å². The Morgan fingerprint density at radius 3 is 2.70 bits per heavy atom. The molecule has 0 unspecified atom stereocenters. The molecule has 1 amide bonds. The van der Waals surface area contributed by atoms with E-state index in [0.29, 0.717) is 5.69 Å². The first-order chi connectivity index (χ1) is 9.84. The van der Waals surface area contributed by atoms with Gasteiger partial charge in [-0.3, -0.25) is 9.78 Å². The molecule has 1 N–H and O–H groups in total. The third kappa shape index (κ3) is 2.61. The third-order valence-electron chi connectivity index (χ3n) is 3.39. The summed E-state index contributed by atoms with van der Waals surface area (Å²) in [4.78, 5) is 22.4. The summed E-state index contributed by atoms with van der Waals surface area (Å²) in [5, 5.41) is 2.92. The van der Waals surface area contributed by atoms with Gasteiger partial charge in [0, 0.05) is 25.5 Å². The van der Waals surface area contributed by atoms with Crippen LogP contribution in [-0.4, -0.2) is 29.0 Å². The van der Waals surface area contributed by atoms with Gasteiger partial charge in [0.05, 0.1) is 17.6 Å². The summed E-state index contributed by atoms with van der Waals surface area (Å²) in [6.07, 6.45) is 6.93. The van der Waals surface area contributed by atoms with Crippen LogP contribution in [0, 0.1) is 0 Å². The van der Waals surface area contributed by atoms with Crippen molar-refractivity contribution < 1.29 is 4.79 Å². The van der Waals surface area contributed by atoms with Crippen LogP contribution >= 0.6 is 0 Å². The quantitative estimate of drug-likeness (QED) is 0.928. The number of aromatic nitrogens is 2. The molecule has 1 aromatic heterocycles. The van der Waals surface area contributed by atoms with Crippen LogP contribution in [0.4, 0.5) is 11.4 Å². The minimum atomic E-state index is -0.232. The minimum absolute atomic E-state index is 0.232. The lowest BCUT2D eigenvalue weighted by Crippen LogP contribution is -2.21. The first-order valence-corrected chi connectivity index (χ1v) is 6.76. The van der Waals surface area contributed by atoms with Crippen LogP contribution < -0.4 is 10.2 Å². The second-order valence-corrected chi connectivity index (χ2v) is 4.76. The van der Waals surface area contributed by atoms with E-state index < -0.39 is 0 Å². The predicted octanol–water partition coefficient (Wildman–Crippen LogP) is 2.33. The number of para-hydroxylation sites is 2. The molecule has 5 nitrogen and oxygen atoms in total. The van der Waals surface area contributed by atoms with Crippen LogP contribution in [0.2, 0.25) is 0 Å². The zero-order valence-corrected chi connectivity index (χ0v) is 11.1. The zero-order chi connectivity index (χ0) is 13.8. The molecule has 0 radical (unpaired) electrons. The van der Waals surface area contributed by atoms with Crippen molar-refractivity contribution in [3.63, 3.8) is 0 Å². The number of carbonyl (C=O) groups excluding carboxylic acids is 1. The second kappa shape index (κ2) is 5.69. The Kier molecular flexibility index (Phi) is 3.58. The summed E-state index contributed by atoms with van der Waals surface area (Å²) in [7, 11) is 0. The van der Waals surface area contributed by atoms with Crippen molar-refractivity contribution in [3.8, 4) is 0 Å². The molecule has 2 aromatic rings. The fourth-order valence-electron chi connectivity index (χ4n) is 2.42. The number of carbonyl (C=O) groups is 1. The third-order valence-corrected chi connectivity index (χ3v) is 3.39.